The Morgan fingerprint density at radius 1 is 1.05 bits per heavy atom. The molecule has 0 aliphatic carbocycles. The Balaban J connectivity index is 2.42. The molecule has 0 aliphatic heterocycles. The van der Waals surface area contributed by atoms with E-state index in [4.69, 9.17) is 4.74 Å². The van der Waals surface area contributed by atoms with E-state index in [1.165, 1.54) is 0 Å². The topological polar surface area (TPSA) is 29.5 Å². The fraction of sp³-hybridized carbons (Fsp3) is 0.250. The lowest BCUT2D eigenvalue weighted by atomic mass is 9.97. The van der Waals surface area contributed by atoms with E-state index in [0.29, 0.717) is 0 Å². The second kappa shape index (κ2) is 5.92. The van der Waals surface area contributed by atoms with Crippen molar-refractivity contribution >= 4 is 22.6 Å². The first-order valence-corrected chi connectivity index (χ1v) is 7.19. The van der Waals surface area contributed by atoms with Gasteiger partial charge in [-0.1, -0.05) is 12.1 Å². The summed E-state index contributed by atoms with van der Waals surface area (Å²) in [7, 11) is 1.67. The normalized spacial score (nSPS) is 12.3. The van der Waals surface area contributed by atoms with Crippen molar-refractivity contribution in [2.45, 2.75) is 20.0 Å². The van der Waals surface area contributed by atoms with Gasteiger partial charge in [-0.25, -0.2) is 0 Å². The van der Waals surface area contributed by atoms with Gasteiger partial charge in [0.25, 0.3) is 0 Å². The maximum Gasteiger partial charge on any atom is 0.124 e. The molecule has 1 atom stereocenters. The van der Waals surface area contributed by atoms with Crippen LogP contribution in [0.15, 0.2) is 36.4 Å². The molecular formula is C16H17IO2. The number of hydrogen-bond acceptors (Lipinski definition) is 2. The van der Waals surface area contributed by atoms with Crippen molar-refractivity contribution in [1.82, 2.24) is 0 Å². The van der Waals surface area contributed by atoms with Crippen LogP contribution in [0.5, 0.6) is 5.75 Å². The highest BCUT2D eigenvalue weighted by atomic mass is 127. The van der Waals surface area contributed by atoms with Gasteiger partial charge in [-0.3, -0.25) is 0 Å². The summed E-state index contributed by atoms with van der Waals surface area (Å²) in [6.45, 7) is 3.99. The lowest BCUT2D eigenvalue weighted by Crippen LogP contribution is -2.02. The summed E-state index contributed by atoms with van der Waals surface area (Å²) in [5.41, 5.74) is 3.90. The monoisotopic (exact) mass is 368 g/mol. The van der Waals surface area contributed by atoms with Crippen molar-refractivity contribution in [3.05, 3.63) is 62.2 Å². The lowest BCUT2D eigenvalue weighted by Gasteiger charge is -2.16. The summed E-state index contributed by atoms with van der Waals surface area (Å²) in [5.74, 6) is 0.888. The molecule has 0 amide bonds. The van der Waals surface area contributed by atoms with Crippen molar-refractivity contribution in [2.75, 3.05) is 7.11 Å². The highest BCUT2D eigenvalue weighted by Crippen LogP contribution is 2.30. The predicted octanol–water partition coefficient (Wildman–Crippen LogP) is 4.00. The second-order valence-electron chi connectivity index (χ2n) is 4.65. The summed E-state index contributed by atoms with van der Waals surface area (Å²) in [4.78, 5) is 0. The summed E-state index contributed by atoms with van der Waals surface area (Å²) in [6.07, 6.45) is -0.599. The van der Waals surface area contributed by atoms with Crippen molar-refractivity contribution in [2.24, 2.45) is 0 Å². The summed E-state index contributed by atoms with van der Waals surface area (Å²) >= 11 is 2.25. The van der Waals surface area contributed by atoms with Crippen LogP contribution < -0.4 is 4.74 Å². The van der Waals surface area contributed by atoms with Crippen LogP contribution in [0.3, 0.4) is 0 Å². The Morgan fingerprint density at radius 3 is 2.21 bits per heavy atom. The van der Waals surface area contributed by atoms with E-state index >= 15 is 0 Å². The van der Waals surface area contributed by atoms with Gasteiger partial charge in [-0.2, -0.15) is 0 Å². The van der Waals surface area contributed by atoms with Gasteiger partial charge in [0.15, 0.2) is 0 Å². The first kappa shape index (κ1) is 14.3. The van der Waals surface area contributed by atoms with Gasteiger partial charge in [0.1, 0.15) is 11.9 Å². The molecular weight excluding hydrogens is 351 g/mol. The van der Waals surface area contributed by atoms with Crippen LogP contribution in [0.1, 0.15) is 28.4 Å². The first-order chi connectivity index (χ1) is 9.02. The van der Waals surface area contributed by atoms with E-state index in [0.717, 1.165) is 31.6 Å². The molecule has 2 nitrogen and oxygen atoms in total. The number of methoxy groups -OCH3 is 1. The van der Waals surface area contributed by atoms with Crippen LogP contribution >= 0.6 is 22.6 Å². The third-order valence-corrected chi connectivity index (χ3v) is 3.84. The Kier molecular flexibility index (Phi) is 4.47. The zero-order chi connectivity index (χ0) is 14.0. The second-order valence-corrected chi connectivity index (χ2v) is 5.89. The quantitative estimate of drug-likeness (QED) is 0.830. The average molecular weight is 368 g/mol. The molecule has 0 spiro atoms. The maximum absolute atomic E-state index is 10.5. The SMILES string of the molecule is COc1c(C)cc(C(O)c2cccc(I)c2)cc1C. The van der Waals surface area contributed by atoms with Gasteiger partial charge in [-0.05, 0) is 83.0 Å². The van der Waals surface area contributed by atoms with Crippen molar-refractivity contribution in [3.63, 3.8) is 0 Å². The van der Waals surface area contributed by atoms with E-state index in [2.05, 4.69) is 22.6 Å². The number of aliphatic hydroxyl groups is 1. The van der Waals surface area contributed by atoms with Gasteiger partial charge >= 0.3 is 0 Å². The molecule has 0 fully saturated rings. The van der Waals surface area contributed by atoms with Crippen LogP contribution in [-0.2, 0) is 0 Å². The molecule has 1 N–H and O–H groups in total. The molecule has 0 saturated heterocycles. The van der Waals surface area contributed by atoms with Gasteiger partial charge in [-0.15, -0.1) is 0 Å². The summed E-state index contributed by atoms with van der Waals surface area (Å²) < 4.78 is 6.47. The first-order valence-electron chi connectivity index (χ1n) is 6.11. The van der Waals surface area contributed by atoms with Crippen LogP contribution in [-0.4, -0.2) is 12.2 Å². The number of aliphatic hydroxyl groups excluding tert-OH is 1. The van der Waals surface area contributed by atoms with E-state index in [9.17, 15) is 5.11 Å². The summed E-state index contributed by atoms with van der Waals surface area (Å²) in [6, 6.07) is 11.9. The Hall–Kier alpha value is -1.07. The largest absolute Gasteiger partial charge is 0.496 e. The minimum Gasteiger partial charge on any atom is -0.496 e. The smallest absolute Gasteiger partial charge is 0.124 e. The molecule has 19 heavy (non-hydrogen) atoms. The molecule has 100 valence electrons. The molecule has 3 heteroatoms. The van der Waals surface area contributed by atoms with Crippen molar-refractivity contribution in [1.29, 1.82) is 0 Å². The van der Waals surface area contributed by atoms with E-state index < -0.39 is 6.10 Å². The Bertz CT molecular complexity index is 570. The molecule has 0 aromatic heterocycles. The Morgan fingerprint density at radius 2 is 1.68 bits per heavy atom. The molecule has 2 aromatic rings. The van der Waals surface area contributed by atoms with Crippen molar-refractivity contribution in [3.8, 4) is 5.75 Å². The number of hydrogen-bond donors (Lipinski definition) is 1. The fourth-order valence-corrected chi connectivity index (χ4v) is 2.90. The van der Waals surface area contributed by atoms with Crippen LogP contribution in [0.25, 0.3) is 0 Å². The summed E-state index contributed by atoms with van der Waals surface area (Å²) in [5, 5.41) is 10.5. The minimum atomic E-state index is -0.599. The number of halogens is 1. The highest BCUT2D eigenvalue weighted by Gasteiger charge is 2.14. The van der Waals surface area contributed by atoms with E-state index in [1.807, 2.05) is 50.2 Å². The fourth-order valence-electron chi connectivity index (χ4n) is 2.33. The molecule has 0 heterocycles. The molecule has 0 radical (unpaired) electrons. The average Bonchev–Trinajstić information content (AvgIpc) is 2.37. The third-order valence-electron chi connectivity index (χ3n) is 3.17. The van der Waals surface area contributed by atoms with Crippen LogP contribution in [0.2, 0.25) is 0 Å². The van der Waals surface area contributed by atoms with Crippen molar-refractivity contribution < 1.29 is 9.84 Å². The predicted molar refractivity (Wildman–Crippen MR) is 85.7 cm³/mol. The third kappa shape index (κ3) is 3.09. The zero-order valence-electron chi connectivity index (χ0n) is 11.3. The Labute approximate surface area is 127 Å². The van der Waals surface area contributed by atoms with Gasteiger partial charge in [0.2, 0.25) is 0 Å². The number of aryl methyl sites for hydroxylation is 2. The number of rotatable bonds is 3. The molecule has 1 unspecified atom stereocenters. The lowest BCUT2D eigenvalue weighted by molar-refractivity contribution is 0.220. The minimum absolute atomic E-state index is 0.599. The molecule has 0 aliphatic rings. The van der Waals surface area contributed by atoms with E-state index in [1.54, 1.807) is 7.11 Å². The van der Waals surface area contributed by atoms with Gasteiger partial charge in [0.05, 0.1) is 7.11 Å². The van der Waals surface area contributed by atoms with E-state index in [-0.39, 0.29) is 0 Å². The molecule has 2 rings (SSSR count). The highest BCUT2D eigenvalue weighted by molar-refractivity contribution is 14.1. The van der Waals surface area contributed by atoms with Crippen LogP contribution in [0.4, 0.5) is 0 Å². The molecule has 0 bridgehead atoms. The van der Waals surface area contributed by atoms with Gasteiger partial charge in [0, 0.05) is 3.57 Å². The maximum atomic E-state index is 10.5. The standard InChI is InChI=1S/C16H17IO2/c1-10-7-13(8-11(2)16(10)19-3)15(18)12-5-4-6-14(17)9-12/h4-9,15,18H,1-3H3. The zero-order valence-corrected chi connectivity index (χ0v) is 13.4. The molecule has 0 saturated carbocycles. The number of benzene rings is 2. The van der Waals surface area contributed by atoms with Crippen LogP contribution in [0, 0.1) is 17.4 Å². The number of ether oxygens (including phenoxy) is 1. The molecule has 2 aromatic carbocycles. The van der Waals surface area contributed by atoms with Gasteiger partial charge < -0.3 is 9.84 Å².